The topological polar surface area (TPSA) is 52.9 Å². The molecule has 13 heavy (non-hydrogen) atoms. The predicted octanol–water partition coefficient (Wildman–Crippen LogP) is 1.60. The van der Waals surface area contributed by atoms with Gasteiger partial charge in [0.25, 0.3) is 0 Å². The molecule has 72 valence electrons. The molecule has 1 amide bonds. The monoisotopic (exact) mass is 180 g/mol. The minimum Gasteiger partial charge on any atom is -0.343 e. The Hall–Kier alpha value is -1.04. The summed E-state index contributed by atoms with van der Waals surface area (Å²) in [6.45, 7) is 2.19. The Morgan fingerprint density at radius 3 is 2.62 bits per heavy atom. The van der Waals surface area contributed by atoms with Gasteiger partial charge in [-0.3, -0.25) is 4.79 Å². The van der Waals surface area contributed by atoms with Crippen LogP contribution in [0.1, 0.15) is 39.0 Å². The van der Waals surface area contributed by atoms with Crippen LogP contribution in [0.5, 0.6) is 0 Å². The maximum Gasteiger partial charge on any atom is 0.227 e. The molecule has 1 N–H and O–H groups in total. The van der Waals surface area contributed by atoms with Gasteiger partial charge in [-0.05, 0) is 19.3 Å². The standard InChI is InChI=1S/C10H16N2O/c1-2-10(5-3-4-6-10)9(13)12-8-7-11/h2-6,8H2,1H3,(H,12,13). The zero-order chi connectivity index (χ0) is 9.73. The van der Waals surface area contributed by atoms with Crippen molar-refractivity contribution in [3.8, 4) is 6.07 Å². The van der Waals surface area contributed by atoms with E-state index in [4.69, 9.17) is 5.26 Å². The zero-order valence-electron chi connectivity index (χ0n) is 8.10. The van der Waals surface area contributed by atoms with E-state index in [1.165, 1.54) is 0 Å². The third-order valence-electron chi connectivity index (χ3n) is 3.05. The van der Waals surface area contributed by atoms with Crippen molar-refractivity contribution in [2.24, 2.45) is 5.41 Å². The lowest BCUT2D eigenvalue weighted by Gasteiger charge is -2.25. The number of nitriles is 1. The van der Waals surface area contributed by atoms with Crippen molar-refractivity contribution >= 4 is 5.91 Å². The van der Waals surface area contributed by atoms with Crippen LogP contribution in [0.4, 0.5) is 0 Å². The van der Waals surface area contributed by atoms with Crippen molar-refractivity contribution in [1.82, 2.24) is 5.32 Å². The Labute approximate surface area is 79.1 Å². The van der Waals surface area contributed by atoms with Gasteiger partial charge in [-0.25, -0.2) is 0 Å². The van der Waals surface area contributed by atoms with Gasteiger partial charge in [-0.15, -0.1) is 0 Å². The number of carbonyl (C=O) groups is 1. The summed E-state index contributed by atoms with van der Waals surface area (Å²) in [6.07, 6.45) is 5.16. The van der Waals surface area contributed by atoms with Crippen LogP contribution in [-0.4, -0.2) is 12.5 Å². The van der Waals surface area contributed by atoms with Gasteiger partial charge in [0, 0.05) is 5.41 Å². The van der Waals surface area contributed by atoms with Crippen LogP contribution in [0.15, 0.2) is 0 Å². The van der Waals surface area contributed by atoms with E-state index in [1.54, 1.807) is 0 Å². The first kappa shape index (κ1) is 10.0. The molecule has 0 radical (unpaired) electrons. The molecule has 0 saturated heterocycles. The molecule has 1 fully saturated rings. The Bertz CT molecular complexity index is 224. The van der Waals surface area contributed by atoms with E-state index in [0.29, 0.717) is 0 Å². The quantitative estimate of drug-likeness (QED) is 0.671. The number of hydrogen-bond donors (Lipinski definition) is 1. The maximum atomic E-state index is 11.7. The molecule has 0 aromatic carbocycles. The van der Waals surface area contributed by atoms with Crippen LogP contribution in [0, 0.1) is 16.7 Å². The molecule has 3 heteroatoms. The van der Waals surface area contributed by atoms with Crippen molar-refractivity contribution < 1.29 is 4.79 Å². The van der Waals surface area contributed by atoms with Crippen molar-refractivity contribution in [2.45, 2.75) is 39.0 Å². The molecule has 0 atom stereocenters. The van der Waals surface area contributed by atoms with Crippen molar-refractivity contribution in [3.63, 3.8) is 0 Å². The SMILES string of the molecule is CCC1(C(=O)NCC#N)CCCC1. The van der Waals surface area contributed by atoms with Gasteiger partial charge in [0.1, 0.15) is 6.54 Å². The van der Waals surface area contributed by atoms with Crippen molar-refractivity contribution in [3.05, 3.63) is 0 Å². The summed E-state index contributed by atoms with van der Waals surface area (Å²) in [6, 6.07) is 1.93. The molecule has 0 unspecified atom stereocenters. The van der Waals surface area contributed by atoms with E-state index in [9.17, 15) is 4.79 Å². The fraction of sp³-hybridized carbons (Fsp3) is 0.800. The summed E-state index contributed by atoms with van der Waals surface area (Å²) in [5.41, 5.74) is -0.156. The smallest absolute Gasteiger partial charge is 0.227 e. The molecule has 1 aliphatic rings. The second-order valence-electron chi connectivity index (χ2n) is 3.68. The normalized spacial score (nSPS) is 19.4. The predicted molar refractivity (Wildman–Crippen MR) is 49.8 cm³/mol. The van der Waals surface area contributed by atoms with E-state index < -0.39 is 0 Å². The average molecular weight is 180 g/mol. The van der Waals surface area contributed by atoms with Crippen LogP contribution >= 0.6 is 0 Å². The molecule has 0 aromatic rings. The summed E-state index contributed by atoms with van der Waals surface area (Å²) in [4.78, 5) is 11.7. The van der Waals surface area contributed by atoms with Crippen molar-refractivity contribution in [1.29, 1.82) is 5.26 Å². The lowest BCUT2D eigenvalue weighted by molar-refractivity contribution is -0.130. The molecule has 0 aromatic heterocycles. The first-order valence-electron chi connectivity index (χ1n) is 4.90. The number of nitrogens with one attached hydrogen (secondary N) is 1. The highest BCUT2D eigenvalue weighted by Gasteiger charge is 2.38. The van der Waals surface area contributed by atoms with Crippen LogP contribution in [0.3, 0.4) is 0 Å². The zero-order valence-corrected chi connectivity index (χ0v) is 8.10. The van der Waals surface area contributed by atoms with Gasteiger partial charge in [-0.1, -0.05) is 19.8 Å². The van der Waals surface area contributed by atoms with Gasteiger partial charge in [-0.2, -0.15) is 5.26 Å². The van der Waals surface area contributed by atoms with Crippen LogP contribution < -0.4 is 5.32 Å². The van der Waals surface area contributed by atoms with Gasteiger partial charge >= 0.3 is 0 Å². The minimum atomic E-state index is -0.156. The largest absolute Gasteiger partial charge is 0.343 e. The number of nitrogens with zero attached hydrogens (tertiary/aromatic N) is 1. The average Bonchev–Trinajstić information content (AvgIpc) is 2.63. The second-order valence-corrected chi connectivity index (χ2v) is 3.68. The van der Waals surface area contributed by atoms with Crippen LogP contribution in [-0.2, 0) is 4.79 Å². The maximum absolute atomic E-state index is 11.7. The molecular formula is C10H16N2O. The Morgan fingerprint density at radius 1 is 1.54 bits per heavy atom. The molecule has 1 saturated carbocycles. The number of rotatable bonds is 3. The lowest BCUT2D eigenvalue weighted by atomic mass is 9.82. The summed E-state index contributed by atoms with van der Waals surface area (Å²) in [5, 5.41) is 11.0. The first-order chi connectivity index (χ1) is 6.25. The van der Waals surface area contributed by atoms with E-state index in [2.05, 4.69) is 12.2 Å². The molecule has 0 aliphatic heterocycles. The van der Waals surface area contributed by atoms with E-state index in [0.717, 1.165) is 32.1 Å². The van der Waals surface area contributed by atoms with Crippen LogP contribution in [0.25, 0.3) is 0 Å². The van der Waals surface area contributed by atoms with Gasteiger partial charge in [0.15, 0.2) is 0 Å². The van der Waals surface area contributed by atoms with Gasteiger partial charge in [0.05, 0.1) is 6.07 Å². The number of amides is 1. The van der Waals surface area contributed by atoms with Gasteiger partial charge < -0.3 is 5.32 Å². The summed E-state index contributed by atoms with van der Waals surface area (Å²) >= 11 is 0. The molecule has 0 spiro atoms. The van der Waals surface area contributed by atoms with E-state index >= 15 is 0 Å². The summed E-state index contributed by atoms with van der Waals surface area (Å²) in [5.74, 6) is 0.0778. The highest BCUT2D eigenvalue weighted by molar-refractivity contribution is 5.83. The molecule has 3 nitrogen and oxygen atoms in total. The Kier molecular flexibility index (Phi) is 3.30. The van der Waals surface area contributed by atoms with Crippen molar-refractivity contribution in [2.75, 3.05) is 6.54 Å². The fourth-order valence-corrected chi connectivity index (χ4v) is 2.10. The highest BCUT2D eigenvalue weighted by atomic mass is 16.2. The molecule has 1 rings (SSSR count). The lowest BCUT2D eigenvalue weighted by Crippen LogP contribution is -2.38. The summed E-state index contributed by atoms with van der Waals surface area (Å²) < 4.78 is 0. The summed E-state index contributed by atoms with van der Waals surface area (Å²) in [7, 11) is 0. The molecule has 1 aliphatic carbocycles. The third kappa shape index (κ3) is 2.00. The van der Waals surface area contributed by atoms with E-state index in [1.807, 2.05) is 6.07 Å². The fourth-order valence-electron chi connectivity index (χ4n) is 2.10. The number of hydrogen-bond acceptors (Lipinski definition) is 2. The molecular weight excluding hydrogens is 164 g/mol. The molecule has 0 bridgehead atoms. The van der Waals surface area contributed by atoms with Gasteiger partial charge in [0.2, 0.25) is 5.91 Å². The second kappa shape index (κ2) is 4.27. The minimum absolute atomic E-state index is 0.0778. The Morgan fingerprint density at radius 2 is 2.15 bits per heavy atom. The Balaban J connectivity index is 2.55. The third-order valence-corrected chi connectivity index (χ3v) is 3.05. The first-order valence-corrected chi connectivity index (χ1v) is 4.90. The highest BCUT2D eigenvalue weighted by Crippen LogP contribution is 2.40. The van der Waals surface area contributed by atoms with Crippen LogP contribution in [0.2, 0.25) is 0 Å². The molecule has 0 heterocycles. The van der Waals surface area contributed by atoms with E-state index in [-0.39, 0.29) is 17.9 Å². The number of carbonyl (C=O) groups excluding carboxylic acids is 1.